The Balaban J connectivity index is 2.41. The summed E-state index contributed by atoms with van der Waals surface area (Å²) in [6.07, 6.45) is 2.65. The van der Waals surface area contributed by atoms with Gasteiger partial charge in [0.15, 0.2) is 0 Å². The molecule has 0 aromatic carbocycles. The SMILES string of the molecule is CC(=O)NCCc1ccnc(C)c1. The Morgan fingerprint density at radius 3 is 3.00 bits per heavy atom. The molecule has 0 spiro atoms. The minimum absolute atomic E-state index is 0.0192. The smallest absolute Gasteiger partial charge is 0.216 e. The fourth-order valence-electron chi connectivity index (χ4n) is 1.14. The van der Waals surface area contributed by atoms with Crippen molar-refractivity contribution in [2.24, 2.45) is 0 Å². The number of hydrogen-bond donors (Lipinski definition) is 1. The topological polar surface area (TPSA) is 42.0 Å². The van der Waals surface area contributed by atoms with Gasteiger partial charge in [0.05, 0.1) is 0 Å². The zero-order valence-electron chi connectivity index (χ0n) is 8.00. The minimum Gasteiger partial charge on any atom is -0.356 e. The molecule has 0 aliphatic rings. The molecule has 0 saturated carbocycles. The quantitative estimate of drug-likeness (QED) is 0.752. The Morgan fingerprint density at radius 1 is 1.62 bits per heavy atom. The molecule has 1 heterocycles. The van der Waals surface area contributed by atoms with Crippen molar-refractivity contribution in [1.82, 2.24) is 10.3 Å². The summed E-state index contributed by atoms with van der Waals surface area (Å²) in [4.78, 5) is 14.7. The summed E-state index contributed by atoms with van der Waals surface area (Å²) >= 11 is 0. The van der Waals surface area contributed by atoms with Crippen LogP contribution in [0.2, 0.25) is 0 Å². The normalized spacial score (nSPS) is 9.69. The van der Waals surface area contributed by atoms with Gasteiger partial charge in [0.25, 0.3) is 0 Å². The number of nitrogens with one attached hydrogen (secondary N) is 1. The van der Waals surface area contributed by atoms with Gasteiger partial charge in [-0.3, -0.25) is 9.78 Å². The predicted octanol–water partition coefficient (Wildman–Crippen LogP) is 1.07. The molecule has 0 fully saturated rings. The molecule has 3 heteroatoms. The summed E-state index contributed by atoms with van der Waals surface area (Å²) in [5.74, 6) is 0.0192. The summed E-state index contributed by atoms with van der Waals surface area (Å²) in [7, 11) is 0. The van der Waals surface area contributed by atoms with E-state index in [9.17, 15) is 4.79 Å². The Morgan fingerprint density at radius 2 is 2.38 bits per heavy atom. The standard InChI is InChI=1S/C10H14N2O/c1-8-7-10(3-5-11-8)4-6-12-9(2)13/h3,5,7H,4,6H2,1-2H3,(H,12,13). The van der Waals surface area contributed by atoms with Gasteiger partial charge >= 0.3 is 0 Å². The van der Waals surface area contributed by atoms with Crippen LogP contribution in [0.4, 0.5) is 0 Å². The first-order valence-electron chi connectivity index (χ1n) is 4.34. The molecule has 0 unspecified atom stereocenters. The third-order valence-electron chi connectivity index (χ3n) is 1.75. The van der Waals surface area contributed by atoms with Crippen molar-refractivity contribution in [3.63, 3.8) is 0 Å². The largest absolute Gasteiger partial charge is 0.356 e. The predicted molar refractivity (Wildman–Crippen MR) is 51.4 cm³/mol. The summed E-state index contributed by atoms with van der Waals surface area (Å²) in [6, 6.07) is 4.00. The average molecular weight is 178 g/mol. The molecule has 1 N–H and O–H groups in total. The highest BCUT2D eigenvalue weighted by Gasteiger charge is 1.94. The van der Waals surface area contributed by atoms with Crippen LogP contribution in [0.25, 0.3) is 0 Å². The van der Waals surface area contributed by atoms with Crippen LogP contribution in [0.5, 0.6) is 0 Å². The van der Waals surface area contributed by atoms with Gasteiger partial charge in [-0.25, -0.2) is 0 Å². The van der Waals surface area contributed by atoms with Gasteiger partial charge in [0.1, 0.15) is 0 Å². The van der Waals surface area contributed by atoms with E-state index < -0.39 is 0 Å². The number of pyridine rings is 1. The molecule has 0 radical (unpaired) electrons. The third kappa shape index (κ3) is 3.69. The lowest BCUT2D eigenvalue weighted by atomic mass is 10.2. The molecule has 1 rings (SSSR count). The molecule has 1 aromatic heterocycles. The van der Waals surface area contributed by atoms with Crippen molar-refractivity contribution in [3.05, 3.63) is 29.6 Å². The van der Waals surface area contributed by atoms with E-state index in [-0.39, 0.29) is 5.91 Å². The van der Waals surface area contributed by atoms with Gasteiger partial charge in [0.2, 0.25) is 5.91 Å². The molecule has 13 heavy (non-hydrogen) atoms. The zero-order chi connectivity index (χ0) is 9.68. The van der Waals surface area contributed by atoms with Crippen molar-refractivity contribution >= 4 is 5.91 Å². The van der Waals surface area contributed by atoms with Crippen molar-refractivity contribution in [3.8, 4) is 0 Å². The van der Waals surface area contributed by atoms with Crippen molar-refractivity contribution < 1.29 is 4.79 Å². The van der Waals surface area contributed by atoms with E-state index >= 15 is 0 Å². The molecular weight excluding hydrogens is 164 g/mol. The maximum Gasteiger partial charge on any atom is 0.216 e. The van der Waals surface area contributed by atoms with E-state index in [1.807, 2.05) is 19.1 Å². The molecule has 0 aliphatic carbocycles. The number of aryl methyl sites for hydroxylation is 1. The lowest BCUT2D eigenvalue weighted by Gasteiger charge is -2.02. The summed E-state index contributed by atoms with van der Waals surface area (Å²) in [5, 5.41) is 2.75. The van der Waals surface area contributed by atoms with E-state index in [4.69, 9.17) is 0 Å². The fourth-order valence-corrected chi connectivity index (χ4v) is 1.14. The van der Waals surface area contributed by atoms with Gasteiger partial charge in [-0.05, 0) is 31.0 Å². The highest BCUT2D eigenvalue weighted by Crippen LogP contribution is 2.00. The molecule has 0 bridgehead atoms. The van der Waals surface area contributed by atoms with E-state index in [1.165, 1.54) is 12.5 Å². The monoisotopic (exact) mass is 178 g/mol. The van der Waals surface area contributed by atoms with Crippen LogP contribution in [0.3, 0.4) is 0 Å². The van der Waals surface area contributed by atoms with E-state index in [1.54, 1.807) is 6.20 Å². The first-order chi connectivity index (χ1) is 6.18. The summed E-state index contributed by atoms with van der Waals surface area (Å²) in [6.45, 7) is 4.18. The fraction of sp³-hybridized carbons (Fsp3) is 0.400. The van der Waals surface area contributed by atoms with Crippen LogP contribution < -0.4 is 5.32 Å². The van der Waals surface area contributed by atoms with Gasteiger partial charge < -0.3 is 5.32 Å². The Hall–Kier alpha value is -1.38. The lowest BCUT2D eigenvalue weighted by molar-refractivity contribution is -0.118. The minimum atomic E-state index is 0.0192. The zero-order valence-corrected chi connectivity index (χ0v) is 8.00. The highest BCUT2D eigenvalue weighted by molar-refractivity contribution is 5.72. The van der Waals surface area contributed by atoms with E-state index in [0.717, 1.165) is 12.1 Å². The molecule has 1 aromatic rings. The van der Waals surface area contributed by atoms with Crippen LogP contribution in [-0.4, -0.2) is 17.4 Å². The number of carbonyl (C=O) groups is 1. The molecule has 0 saturated heterocycles. The van der Waals surface area contributed by atoms with Crippen molar-refractivity contribution in [1.29, 1.82) is 0 Å². The van der Waals surface area contributed by atoms with Crippen molar-refractivity contribution in [2.45, 2.75) is 20.3 Å². The number of hydrogen-bond acceptors (Lipinski definition) is 2. The van der Waals surface area contributed by atoms with Gasteiger partial charge in [-0.2, -0.15) is 0 Å². The van der Waals surface area contributed by atoms with Crippen molar-refractivity contribution in [2.75, 3.05) is 6.54 Å². The molecular formula is C10H14N2O. The second-order valence-electron chi connectivity index (χ2n) is 3.04. The first-order valence-corrected chi connectivity index (χ1v) is 4.34. The third-order valence-corrected chi connectivity index (χ3v) is 1.75. The Kier molecular flexibility index (Phi) is 3.43. The molecule has 3 nitrogen and oxygen atoms in total. The number of amides is 1. The summed E-state index contributed by atoms with van der Waals surface area (Å²) < 4.78 is 0. The Bertz CT molecular complexity index is 297. The molecule has 0 aliphatic heterocycles. The summed E-state index contributed by atoms with van der Waals surface area (Å²) in [5.41, 5.74) is 2.22. The van der Waals surface area contributed by atoms with Crippen LogP contribution >= 0.6 is 0 Å². The number of aromatic nitrogens is 1. The van der Waals surface area contributed by atoms with Crippen LogP contribution in [0.15, 0.2) is 18.3 Å². The van der Waals surface area contributed by atoms with Gasteiger partial charge in [-0.1, -0.05) is 0 Å². The first kappa shape index (κ1) is 9.71. The Labute approximate surface area is 78.2 Å². The maximum atomic E-state index is 10.6. The van der Waals surface area contributed by atoms with Gasteiger partial charge in [0, 0.05) is 25.4 Å². The van der Waals surface area contributed by atoms with Crippen LogP contribution in [0, 0.1) is 6.92 Å². The molecule has 70 valence electrons. The second kappa shape index (κ2) is 4.60. The average Bonchev–Trinajstić information content (AvgIpc) is 2.03. The number of nitrogens with zero attached hydrogens (tertiary/aromatic N) is 1. The second-order valence-corrected chi connectivity index (χ2v) is 3.04. The molecule has 1 amide bonds. The van der Waals surface area contributed by atoms with Gasteiger partial charge in [-0.15, -0.1) is 0 Å². The number of carbonyl (C=O) groups excluding carboxylic acids is 1. The maximum absolute atomic E-state index is 10.6. The lowest BCUT2D eigenvalue weighted by Crippen LogP contribution is -2.22. The van der Waals surface area contributed by atoms with Crippen LogP contribution in [-0.2, 0) is 11.2 Å². The highest BCUT2D eigenvalue weighted by atomic mass is 16.1. The van der Waals surface area contributed by atoms with E-state index in [2.05, 4.69) is 10.3 Å². The number of rotatable bonds is 3. The van der Waals surface area contributed by atoms with Crippen LogP contribution in [0.1, 0.15) is 18.2 Å². The molecule has 0 atom stereocenters. The van der Waals surface area contributed by atoms with E-state index in [0.29, 0.717) is 6.54 Å².